The quantitative estimate of drug-likeness (QED) is 0.860. The summed E-state index contributed by atoms with van der Waals surface area (Å²) in [6.07, 6.45) is -3.38. The Kier molecular flexibility index (Phi) is 5.20. The molecule has 2 atom stereocenters. The van der Waals surface area contributed by atoms with Gasteiger partial charge in [-0.05, 0) is 19.3 Å². The van der Waals surface area contributed by atoms with Crippen LogP contribution in [0.15, 0.2) is 0 Å². The molecule has 0 aromatic heterocycles. The summed E-state index contributed by atoms with van der Waals surface area (Å²) in [5.41, 5.74) is 0. The Hall–Kier alpha value is -1.27. The predicted octanol–water partition coefficient (Wildman–Crippen LogP) is 2.29. The third kappa shape index (κ3) is 5.08. The number of rotatable bonds is 4. The molecule has 0 bridgehead atoms. The number of carbonyl (C=O) groups excluding carboxylic acids is 1. The molecule has 1 aliphatic carbocycles. The molecule has 7 heteroatoms. The molecule has 1 rings (SSSR count). The lowest BCUT2D eigenvalue weighted by molar-refractivity contribution is -0.148. The van der Waals surface area contributed by atoms with Crippen LogP contribution in [0.2, 0.25) is 0 Å². The van der Waals surface area contributed by atoms with Crippen LogP contribution in [0.1, 0.15) is 32.1 Å². The molecular weight excluding hydrogens is 263 g/mol. The first-order chi connectivity index (χ1) is 8.70. The summed E-state index contributed by atoms with van der Waals surface area (Å²) in [5, 5.41) is 8.91. The molecule has 4 nitrogen and oxygen atoms in total. The van der Waals surface area contributed by atoms with E-state index in [1.54, 1.807) is 0 Å². The Morgan fingerprint density at radius 2 is 1.84 bits per heavy atom. The molecule has 0 aromatic rings. The van der Waals surface area contributed by atoms with Crippen LogP contribution in [-0.2, 0) is 9.59 Å². The Morgan fingerprint density at radius 3 is 2.37 bits per heavy atom. The fourth-order valence-corrected chi connectivity index (χ4v) is 2.35. The molecule has 1 aliphatic rings. The fourth-order valence-electron chi connectivity index (χ4n) is 2.35. The third-order valence-electron chi connectivity index (χ3n) is 3.48. The Morgan fingerprint density at radius 1 is 1.26 bits per heavy atom. The second-order valence-electron chi connectivity index (χ2n) is 5.02. The normalized spacial score (nSPS) is 24.0. The van der Waals surface area contributed by atoms with Gasteiger partial charge in [-0.25, -0.2) is 0 Å². The van der Waals surface area contributed by atoms with Crippen LogP contribution >= 0.6 is 0 Å². The number of halogens is 3. The van der Waals surface area contributed by atoms with Crippen molar-refractivity contribution in [1.29, 1.82) is 0 Å². The van der Waals surface area contributed by atoms with Gasteiger partial charge in [0.15, 0.2) is 0 Å². The van der Waals surface area contributed by atoms with Crippen molar-refractivity contribution in [3.8, 4) is 0 Å². The van der Waals surface area contributed by atoms with Crippen molar-refractivity contribution in [2.24, 2.45) is 11.8 Å². The zero-order chi connectivity index (χ0) is 14.6. The lowest BCUT2D eigenvalue weighted by Crippen LogP contribution is -2.38. The summed E-state index contributed by atoms with van der Waals surface area (Å²) in [6, 6.07) is 0. The highest BCUT2D eigenvalue weighted by atomic mass is 19.4. The van der Waals surface area contributed by atoms with Gasteiger partial charge in [0, 0.05) is 19.5 Å². The lowest BCUT2D eigenvalue weighted by Gasteiger charge is -2.29. The van der Waals surface area contributed by atoms with Crippen LogP contribution in [0.5, 0.6) is 0 Å². The summed E-state index contributed by atoms with van der Waals surface area (Å²) in [6.45, 7) is -0.378. The van der Waals surface area contributed by atoms with E-state index in [0.717, 1.165) is 4.90 Å². The molecule has 0 radical (unpaired) electrons. The number of carbonyl (C=O) groups is 2. The van der Waals surface area contributed by atoms with E-state index in [1.165, 1.54) is 7.05 Å². The molecule has 0 heterocycles. The molecule has 0 aliphatic heterocycles. The van der Waals surface area contributed by atoms with Crippen LogP contribution in [0.25, 0.3) is 0 Å². The standard InChI is InChI=1S/C12H18F3NO3/c1-16(6-5-12(13,14)15)10(17)8-3-2-4-9(7-8)11(18)19/h8-9H,2-7H2,1H3,(H,18,19). The van der Waals surface area contributed by atoms with E-state index < -0.39 is 30.4 Å². The van der Waals surface area contributed by atoms with E-state index >= 15 is 0 Å². The molecule has 1 saturated carbocycles. The van der Waals surface area contributed by atoms with Crippen molar-refractivity contribution in [2.75, 3.05) is 13.6 Å². The van der Waals surface area contributed by atoms with E-state index in [9.17, 15) is 22.8 Å². The molecule has 19 heavy (non-hydrogen) atoms. The van der Waals surface area contributed by atoms with E-state index in [4.69, 9.17) is 5.11 Å². The van der Waals surface area contributed by atoms with Gasteiger partial charge in [0.2, 0.25) is 5.91 Å². The van der Waals surface area contributed by atoms with Crippen molar-refractivity contribution in [3.05, 3.63) is 0 Å². The first kappa shape index (κ1) is 15.8. The number of alkyl halides is 3. The molecular formula is C12H18F3NO3. The van der Waals surface area contributed by atoms with Crippen molar-refractivity contribution in [1.82, 2.24) is 4.90 Å². The molecule has 1 N–H and O–H groups in total. The van der Waals surface area contributed by atoms with Gasteiger partial charge in [0.25, 0.3) is 0 Å². The zero-order valence-corrected chi connectivity index (χ0v) is 10.7. The van der Waals surface area contributed by atoms with Gasteiger partial charge in [0.05, 0.1) is 12.3 Å². The van der Waals surface area contributed by atoms with E-state index in [1.807, 2.05) is 0 Å². The van der Waals surface area contributed by atoms with Crippen molar-refractivity contribution in [2.45, 2.75) is 38.3 Å². The van der Waals surface area contributed by atoms with Gasteiger partial charge in [-0.1, -0.05) is 6.42 Å². The van der Waals surface area contributed by atoms with Crippen molar-refractivity contribution < 1.29 is 27.9 Å². The summed E-state index contributed by atoms with van der Waals surface area (Å²) in [5.74, 6) is -2.34. The van der Waals surface area contributed by atoms with E-state index in [-0.39, 0.29) is 18.9 Å². The summed E-state index contributed by atoms with van der Waals surface area (Å²) in [7, 11) is 1.33. The second-order valence-corrected chi connectivity index (χ2v) is 5.02. The summed E-state index contributed by atoms with van der Waals surface area (Å²) in [4.78, 5) is 23.9. The zero-order valence-electron chi connectivity index (χ0n) is 10.7. The lowest BCUT2D eigenvalue weighted by atomic mass is 9.81. The van der Waals surface area contributed by atoms with Crippen LogP contribution in [0.4, 0.5) is 13.2 Å². The number of carboxylic acid groups (broad SMARTS) is 1. The Balaban J connectivity index is 2.49. The topological polar surface area (TPSA) is 57.6 Å². The molecule has 2 unspecified atom stereocenters. The Labute approximate surface area is 109 Å². The van der Waals surface area contributed by atoms with Gasteiger partial charge in [-0.3, -0.25) is 9.59 Å². The largest absolute Gasteiger partial charge is 0.481 e. The first-order valence-corrected chi connectivity index (χ1v) is 6.25. The van der Waals surface area contributed by atoms with Gasteiger partial charge in [-0.2, -0.15) is 13.2 Å². The number of nitrogens with zero attached hydrogens (tertiary/aromatic N) is 1. The minimum absolute atomic E-state index is 0.227. The first-order valence-electron chi connectivity index (χ1n) is 6.25. The van der Waals surface area contributed by atoms with Crippen LogP contribution in [0.3, 0.4) is 0 Å². The van der Waals surface area contributed by atoms with Crippen LogP contribution in [0, 0.1) is 11.8 Å². The molecule has 0 saturated heterocycles. The average Bonchev–Trinajstić information content (AvgIpc) is 2.34. The Bertz CT molecular complexity index is 344. The van der Waals surface area contributed by atoms with Crippen LogP contribution in [-0.4, -0.2) is 41.7 Å². The van der Waals surface area contributed by atoms with Crippen molar-refractivity contribution in [3.63, 3.8) is 0 Å². The van der Waals surface area contributed by atoms with E-state index in [2.05, 4.69) is 0 Å². The molecule has 1 amide bonds. The number of hydrogen-bond acceptors (Lipinski definition) is 2. The second kappa shape index (κ2) is 6.25. The highest BCUT2D eigenvalue weighted by molar-refractivity contribution is 5.80. The van der Waals surface area contributed by atoms with Crippen LogP contribution < -0.4 is 0 Å². The number of aliphatic carboxylic acids is 1. The van der Waals surface area contributed by atoms with Gasteiger partial charge in [-0.15, -0.1) is 0 Å². The van der Waals surface area contributed by atoms with Gasteiger partial charge >= 0.3 is 12.1 Å². The highest BCUT2D eigenvalue weighted by Crippen LogP contribution is 2.30. The van der Waals surface area contributed by atoms with Gasteiger partial charge in [0.1, 0.15) is 0 Å². The highest BCUT2D eigenvalue weighted by Gasteiger charge is 2.34. The fraction of sp³-hybridized carbons (Fsp3) is 0.833. The maximum atomic E-state index is 12.1. The maximum absolute atomic E-state index is 12.1. The monoisotopic (exact) mass is 281 g/mol. The summed E-state index contributed by atoms with van der Waals surface area (Å²) < 4.78 is 36.2. The molecule has 0 spiro atoms. The van der Waals surface area contributed by atoms with Gasteiger partial charge < -0.3 is 10.0 Å². The number of hydrogen-bond donors (Lipinski definition) is 1. The average molecular weight is 281 g/mol. The summed E-state index contributed by atoms with van der Waals surface area (Å²) >= 11 is 0. The maximum Gasteiger partial charge on any atom is 0.390 e. The molecule has 1 fully saturated rings. The predicted molar refractivity (Wildman–Crippen MR) is 61.4 cm³/mol. The van der Waals surface area contributed by atoms with Crippen molar-refractivity contribution >= 4 is 11.9 Å². The number of carboxylic acids is 1. The smallest absolute Gasteiger partial charge is 0.390 e. The van der Waals surface area contributed by atoms with E-state index in [0.29, 0.717) is 19.3 Å². The minimum atomic E-state index is -4.29. The number of amides is 1. The molecule has 110 valence electrons. The third-order valence-corrected chi connectivity index (χ3v) is 3.48. The molecule has 0 aromatic carbocycles. The SMILES string of the molecule is CN(CCC(F)(F)F)C(=O)C1CCCC(C(=O)O)C1. The minimum Gasteiger partial charge on any atom is -0.481 e.